The molecule has 0 spiro atoms. The topological polar surface area (TPSA) is 35.2 Å². The summed E-state index contributed by atoms with van der Waals surface area (Å²) in [6.07, 6.45) is 2.80. The molecule has 2 aromatic carbocycles. The summed E-state index contributed by atoms with van der Waals surface area (Å²) in [6, 6.07) is 18.7. The zero-order chi connectivity index (χ0) is 14.9. The fourth-order valence-electron chi connectivity index (χ4n) is 2.60. The quantitative estimate of drug-likeness (QED) is 0.891. The first kappa shape index (κ1) is 14.2. The zero-order valence-corrected chi connectivity index (χ0v) is 12.8. The van der Waals surface area contributed by atoms with Crippen molar-refractivity contribution in [2.45, 2.75) is 44.2 Å². The number of rotatable bonds is 5. The van der Waals surface area contributed by atoms with Crippen molar-refractivity contribution in [2.24, 2.45) is 5.73 Å². The molecule has 0 saturated heterocycles. The molecule has 1 atom stereocenters. The van der Waals surface area contributed by atoms with Crippen LogP contribution in [0.2, 0.25) is 0 Å². The Morgan fingerprint density at radius 1 is 1.00 bits per heavy atom. The van der Waals surface area contributed by atoms with Crippen molar-refractivity contribution in [1.29, 1.82) is 0 Å². The Hall–Kier alpha value is -1.80. The van der Waals surface area contributed by atoms with Crippen LogP contribution in [0.5, 0.6) is 5.75 Å². The SMILES string of the molecule is CC(C)(c1ccccc1)C(N)c1ccc(OC2CC2)cc1. The normalized spacial score (nSPS) is 16.5. The third kappa shape index (κ3) is 3.11. The summed E-state index contributed by atoms with van der Waals surface area (Å²) in [5.41, 5.74) is 8.82. The van der Waals surface area contributed by atoms with Gasteiger partial charge in [-0.2, -0.15) is 0 Å². The predicted molar refractivity (Wildman–Crippen MR) is 86.5 cm³/mol. The molecule has 0 aromatic heterocycles. The molecule has 0 aliphatic heterocycles. The van der Waals surface area contributed by atoms with E-state index in [1.54, 1.807) is 0 Å². The summed E-state index contributed by atoms with van der Waals surface area (Å²) in [4.78, 5) is 0. The van der Waals surface area contributed by atoms with E-state index in [-0.39, 0.29) is 11.5 Å². The van der Waals surface area contributed by atoms with Crippen molar-refractivity contribution in [3.63, 3.8) is 0 Å². The smallest absolute Gasteiger partial charge is 0.119 e. The lowest BCUT2D eigenvalue weighted by atomic mass is 9.75. The molecule has 110 valence electrons. The average Bonchev–Trinajstić information content (AvgIpc) is 3.32. The van der Waals surface area contributed by atoms with E-state index in [2.05, 4.69) is 50.2 Å². The Kier molecular flexibility index (Phi) is 3.73. The van der Waals surface area contributed by atoms with Gasteiger partial charge in [-0.25, -0.2) is 0 Å². The van der Waals surface area contributed by atoms with E-state index in [0.717, 1.165) is 11.3 Å². The molecule has 1 saturated carbocycles. The summed E-state index contributed by atoms with van der Waals surface area (Å²) >= 11 is 0. The van der Waals surface area contributed by atoms with Gasteiger partial charge in [-0.1, -0.05) is 56.3 Å². The molecule has 0 heterocycles. The number of ether oxygens (including phenoxy) is 1. The highest BCUT2D eigenvalue weighted by Crippen LogP contribution is 2.36. The Labute approximate surface area is 126 Å². The second kappa shape index (κ2) is 5.53. The van der Waals surface area contributed by atoms with Crippen LogP contribution in [0.25, 0.3) is 0 Å². The van der Waals surface area contributed by atoms with Crippen LogP contribution in [0, 0.1) is 0 Å². The van der Waals surface area contributed by atoms with Crippen molar-refractivity contribution in [1.82, 2.24) is 0 Å². The fourth-order valence-corrected chi connectivity index (χ4v) is 2.60. The molecular weight excluding hydrogens is 258 g/mol. The van der Waals surface area contributed by atoms with E-state index in [0.29, 0.717) is 6.10 Å². The molecule has 3 rings (SSSR count). The van der Waals surface area contributed by atoms with Crippen molar-refractivity contribution in [2.75, 3.05) is 0 Å². The maximum absolute atomic E-state index is 6.53. The largest absolute Gasteiger partial charge is 0.490 e. The van der Waals surface area contributed by atoms with Crippen molar-refractivity contribution < 1.29 is 4.74 Å². The Bertz CT molecular complexity index is 585. The maximum atomic E-state index is 6.53. The van der Waals surface area contributed by atoms with Crippen LogP contribution in [-0.4, -0.2) is 6.10 Å². The highest BCUT2D eigenvalue weighted by molar-refractivity contribution is 5.34. The van der Waals surface area contributed by atoms with E-state index in [1.807, 2.05) is 18.2 Å². The zero-order valence-electron chi connectivity index (χ0n) is 12.8. The highest BCUT2D eigenvalue weighted by Gasteiger charge is 2.29. The van der Waals surface area contributed by atoms with Crippen LogP contribution in [0.15, 0.2) is 54.6 Å². The Morgan fingerprint density at radius 2 is 1.62 bits per heavy atom. The number of nitrogens with two attached hydrogens (primary N) is 1. The van der Waals surface area contributed by atoms with Gasteiger partial charge < -0.3 is 10.5 Å². The molecule has 1 fully saturated rings. The molecule has 1 aliphatic rings. The minimum Gasteiger partial charge on any atom is -0.490 e. The van der Waals surface area contributed by atoms with Gasteiger partial charge in [-0.3, -0.25) is 0 Å². The highest BCUT2D eigenvalue weighted by atomic mass is 16.5. The van der Waals surface area contributed by atoms with Crippen LogP contribution >= 0.6 is 0 Å². The summed E-state index contributed by atoms with van der Waals surface area (Å²) in [5.74, 6) is 0.950. The summed E-state index contributed by atoms with van der Waals surface area (Å²) in [5, 5.41) is 0. The molecule has 2 nitrogen and oxygen atoms in total. The number of hydrogen-bond donors (Lipinski definition) is 1. The van der Waals surface area contributed by atoms with E-state index in [9.17, 15) is 0 Å². The maximum Gasteiger partial charge on any atom is 0.119 e. The lowest BCUT2D eigenvalue weighted by Gasteiger charge is -2.32. The van der Waals surface area contributed by atoms with Crippen molar-refractivity contribution in [3.05, 3.63) is 65.7 Å². The molecule has 1 unspecified atom stereocenters. The molecule has 2 heteroatoms. The molecule has 0 radical (unpaired) electrons. The van der Waals surface area contributed by atoms with E-state index in [1.165, 1.54) is 18.4 Å². The molecule has 0 amide bonds. The van der Waals surface area contributed by atoms with Crippen LogP contribution in [0.4, 0.5) is 0 Å². The van der Waals surface area contributed by atoms with Crippen LogP contribution < -0.4 is 10.5 Å². The van der Waals surface area contributed by atoms with Crippen LogP contribution in [0.3, 0.4) is 0 Å². The molecule has 21 heavy (non-hydrogen) atoms. The predicted octanol–water partition coefficient (Wildman–Crippen LogP) is 4.21. The standard InChI is InChI=1S/C19H23NO/c1-19(2,15-6-4-3-5-7-15)18(20)14-8-10-16(11-9-14)21-17-12-13-17/h3-11,17-18H,12-13,20H2,1-2H3. The van der Waals surface area contributed by atoms with E-state index < -0.39 is 0 Å². The monoisotopic (exact) mass is 281 g/mol. The van der Waals surface area contributed by atoms with Gasteiger partial charge in [-0.15, -0.1) is 0 Å². The van der Waals surface area contributed by atoms with Crippen molar-refractivity contribution >= 4 is 0 Å². The van der Waals surface area contributed by atoms with Gasteiger partial charge in [-0.05, 0) is 36.1 Å². The van der Waals surface area contributed by atoms with Gasteiger partial charge in [0.2, 0.25) is 0 Å². The minimum atomic E-state index is -0.111. The summed E-state index contributed by atoms with van der Waals surface area (Å²) in [6.45, 7) is 4.39. The first-order valence-electron chi connectivity index (χ1n) is 7.65. The average molecular weight is 281 g/mol. The molecule has 2 aromatic rings. The van der Waals surface area contributed by atoms with Gasteiger partial charge in [0.15, 0.2) is 0 Å². The Balaban J connectivity index is 1.78. The van der Waals surface area contributed by atoms with Gasteiger partial charge in [0.05, 0.1) is 6.10 Å². The fraction of sp³-hybridized carbons (Fsp3) is 0.368. The van der Waals surface area contributed by atoms with E-state index in [4.69, 9.17) is 10.5 Å². The Morgan fingerprint density at radius 3 is 2.19 bits per heavy atom. The van der Waals surface area contributed by atoms with Gasteiger partial charge in [0, 0.05) is 11.5 Å². The third-order valence-electron chi connectivity index (χ3n) is 4.36. The van der Waals surface area contributed by atoms with Crippen molar-refractivity contribution in [3.8, 4) is 5.75 Å². The molecule has 2 N–H and O–H groups in total. The second-order valence-electron chi connectivity index (χ2n) is 6.45. The number of hydrogen-bond acceptors (Lipinski definition) is 2. The lowest BCUT2D eigenvalue weighted by molar-refractivity contribution is 0.303. The van der Waals surface area contributed by atoms with Crippen LogP contribution in [0.1, 0.15) is 43.9 Å². The molecule has 1 aliphatic carbocycles. The first-order chi connectivity index (χ1) is 10.1. The first-order valence-corrected chi connectivity index (χ1v) is 7.65. The summed E-state index contributed by atoms with van der Waals surface area (Å²) < 4.78 is 5.79. The second-order valence-corrected chi connectivity index (χ2v) is 6.45. The number of benzene rings is 2. The molecule has 0 bridgehead atoms. The minimum absolute atomic E-state index is 0.0464. The van der Waals surface area contributed by atoms with Gasteiger partial charge in [0.1, 0.15) is 5.75 Å². The van der Waals surface area contributed by atoms with Gasteiger partial charge in [0.25, 0.3) is 0 Å². The van der Waals surface area contributed by atoms with Gasteiger partial charge >= 0.3 is 0 Å². The molecular formula is C19H23NO. The van der Waals surface area contributed by atoms with Crippen LogP contribution in [-0.2, 0) is 5.41 Å². The third-order valence-corrected chi connectivity index (χ3v) is 4.36. The lowest BCUT2D eigenvalue weighted by Crippen LogP contribution is -2.33. The van der Waals surface area contributed by atoms with E-state index >= 15 is 0 Å². The summed E-state index contributed by atoms with van der Waals surface area (Å²) in [7, 11) is 0.